The van der Waals surface area contributed by atoms with E-state index in [0.717, 1.165) is 19.4 Å². The third-order valence-corrected chi connectivity index (χ3v) is 3.07. The van der Waals surface area contributed by atoms with Gasteiger partial charge in [-0.05, 0) is 26.2 Å². The Labute approximate surface area is 95.0 Å². The van der Waals surface area contributed by atoms with Crippen LogP contribution in [0.5, 0.6) is 0 Å². The molecule has 5 heteroatoms. The minimum absolute atomic E-state index is 0.278. The van der Waals surface area contributed by atoms with Crippen molar-refractivity contribution in [2.24, 2.45) is 5.73 Å². The number of imidazole rings is 1. The number of carbonyl (C=O) groups is 1. The van der Waals surface area contributed by atoms with E-state index in [9.17, 15) is 4.79 Å². The highest BCUT2D eigenvalue weighted by Crippen LogP contribution is 2.24. The minimum atomic E-state index is -0.606. The summed E-state index contributed by atoms with van der Waals surface area (Å²) in [7, 11) is 0. The van der Waals surface area contributed by atoms with E-state index in [1.54, 1.807) is 12.5 Å². The van der Waals surface area contributed by atoms with E-state index in [1.807, 2.05) is 17.7 Å². The maximum atomic E-state index is 11.5. The van der Waals surface area contributed by atoms with Crippen LogP contribution in [0.15, 0.2) is 18.7 Å². The second kappa shape index (κ2) is 4.25. The molecule has 0 radical (unpaired) electrons. The summed E-state index contributed by atoms with van der Waals surface area (Å²) in [5, 5.41) is 3.32. The number of carbonyl (C=O) groups excluding carboxylic acids is 1. The Hall–Kier alpha value is -1.36. The van der Waals surface area contributed by atoms with Crippen molar-refractivity contribution < 1.29 is 4.79 Å². The molecule has 1 fully saturated rings. The van der Waals surface area contributed by atoms with Crippen LogP contribution in [0.25, 0.3) is 0 Å². The highest BCUT2D eigenvalue weighted by Gasteiger charge is 2.36. The van der Waals surface area contributed by atoms with Gasteiger partial charge in [-0.1, -0.05) is 0 Å². The molecule has 1 aromatic rings. The fourth-order valence-corrected chi connectivity index (χ4v) is 1.72. The lowest BCUT2D eigenvalue weighted by atomic mass is 9.96. The summed E-state index contributed by atoms with van der Waals surface area (Å²) >= 11 is 0. The third kappa shape index (κ3) is 2.61. The molecule has 1 unspecified atom stereocenters. The third-order valence-electron chi connectivity index (χ3n) is 3.07. The molecule has 5 nitrogen and oxygen atoms in total. The van der Waals surface area contributed by atoms with Crippen molar-refractivity contribution in [3.63, 3.8) is 0 Å². The van der Waals surface area contributed by atoms with Crippen LogP contribution in [0.2, 0.25) is 0 Å². The number of hydrogen-bond acceptors (Lipinski definition) is 3. The van der Waals surface area contributed by atoms with Crippen LogP contribution >= 0.6 is 0 Å². The zero-order chi connectivity index (χ0) is 11.6. The summed E-state index contributed by atoms with van der Waals surface area (Å²) in [6.45, 7) is 2.63. The van der Waals surface area contributed by atoms with E-state index in [4.69, 9.17) is 5.73 Å². The lowest BCUT2D eigenvalue weighted by Gasteiger charge is -2.27. The van der Waals surface area contributed by atoms with E-state index in [-0.39, 0.29) is 5.91 Å². The van der Waals surface area contributed by atoms with Crippen molar-refractivity contribution in [2.75, 3.05) is 0 Å². The summed E-state index contributed by atoms with van der Waals surface area (Å²) in [6.07, 6.45) is 8.35. The van der Waals surface area contributed by atoms with Gasteiger partial charge in [-0.15, -0.1) is 0 Å². The van der Waals surface area contributed by atoms with E-state index in [2.05, 4.69) is 10.3 Å². The number of primary amides is 1. The topological polar surface area (TPSA) is 72.9 Å². The van der Waals surface area contributed by atoms with Crippen LogP contribution < -0.4 is 11.1 Å². The number of nitrogens with two attached hydrogens (primary N) is 1. The molecule has 1 aliphatic carbocycles. The maximum absolute atomic E-state index is 11.5. The number of nitrogens with one attached hydrogen (secondary N) is 1. The number of rotatable bonds is 6. The lowest BCUT2D eigenvalue weighted by Crippen LogP contribution is -2.54. The van der Waals surface area contributed by atoms with Gasteiger partial charge in [0.1, 0.15) is 0 Å². The first-order valence-electron chi connectivity index (χ1n) is 5.63. The fraction of sp³-hybridized carbons (Fsp3) is 0.636. The van der Waals surface area contributed by atoms with E-state index >= 15 is 0 Å². The summed E-state index contributed by atoms with van der Waals surface area (Å²) in [5.74, 6) is -0.278. The largest absolute Gasteiger partial charge is 0.368 e. The van der Waals surface area contributed by atoms with Crippen LogP contribution in [0.1, 0.15) is 26.2 Å². The normalized spacial score (nSPS) is 19.3. The zero-order valence-electron chi connectivity index (χ0n) is 9.52. The number of nitrogens with zero attached hydrogens (tertiary/aromatic N) is 2. The number of hydrogen-bond donors (Lipinski definition) is 2. The zero-order valence-corrected chi connectivity index (χ0v) is 9.52. The highest BCUT2D eigenvalue weighted by atomic mass is 16.1. The summed E-state index contributed by atoms with van der Waals surface area (Å²) in [6, 6.07) is 0.472. The summed E-state index contributed by atoms with van der Waals surface area (Å²) < 4.78 is 1.95. The van der Waals surface area contributed by atoms with E-state index < -0.39 is 5.54 Å². The summed E-state index contributed by atoms with van der Waals surface area (Å²) in [4.78, 5) is 15.4. The molecule has 3 N–H and O–H groups in total. The Balaban J connectivity index is 1.93. The average Bonchev–Trinajstić information content (AvgIpc) is 2.89. The molecule has 1 amide bonds. The van der Waals surface area contributed by atoms with Crippen molar-refractivity contribution in [2.45, 2.75) is 44.3 Å². The van der Waals surface area contributed by atoms with Gasteiger partial charge in [0, 0.05) is 25.0 Å². The molecule has 1 saturated carbocycles. The fourth-order valence-electron chi connectivity index (χ4n) is 1.72. The van der Waals surface area contributed by atoms with Gasteiger partial charge in [-0.3, -0.25) is 4.79 Å². The van der Waals surface area contributed by atoms with Crippen LogP contribution in [0.4, 0.5) is 0 Å². The van der Waals surface area contributed by atoms with Gasteiger partial charge in [0.05, 0.1) is 11.9 Å². The first kappa shape index (κ1) is 11.1. The van der Waals surface area contributed by atoms with Crippen LogP contribution in [-0.2, 0) is 11.3 Å². The van der Waals surface area contributed by atoms with Crippen LogP contribution in [0, 0.1) is 0 Å². The van der Waals surface area contributed by atoms with Crippen molar-refractivity contribution in [1.29, 1.82) is 0 Å². The molecule has 16 heavy (non-hydrogen) atoms. The molecule has 1 aromatic heterocycles. The molecular formula is C11H18N4O. The Morgan fingerprint density at radius 1 is 1.69 bits per heavy atom. The molecule has 0 aliphatic heterocycles. The molecule has 0 saturated heterocycles. The molecule has 0 aromatic carbocycles. The second-order valence-electron chi connectivity index (χ2n) is 4.67. The van der Waals surface area contributed by atoms with Crippen molar-refractivity contribution in [3.8, 4) is 0 Å². The Morgan fingerprint density at radius 2 is 2.44 bits per heavy atom. The van der Waals surface area contributed by atoms with Crippen molar-refractivity contribution in [3.05, 3.63) is 18.7 Å². The molecule has 1 aliphatic rings. The molecule has 1 heterocycles. The number of aryl methyl sites for hydroxylation is 1. The monoisotopic (exact) mass is 222 g/mol. The first-order valence-corrected chi connectivity index (χ1v) is 5.63. The SMILES string of the molecule is CC(CCn1ccnc1)(NC1CC1)C(N)=O. The lowest BCUT2D eigenvalue weighted by molar-refractivity contribution is -0.124. The quantitative estimate of drug-likeness (QED) is 0.725. The molecule has 0 spiro atoms. The number of amides is 1. The smallest absolute Gasteiger partial charge is 0.237 e. The van der Waals surface area contributed by atoms with Gasteiger partial charge in [-0.25, -0.2) is 4.98 Å². The van der Waals surface area contributed by atoms with Crippen molar-refractivity contribution in [1.82, 2.24) is 14.9 Å². The Kier molecular flexibility index (Phi) is 2.96. The molecule has 2 rings (SSSR count). The van der Waals surface area contributed by atoms with Crippen LogP contribution in [-0.4, -0.2) is 27.0 Å². The predicted octanol–water partition coefficient (Wildman–Crippen LogP) is 0.269. The van der Waals surface area contributed by atoms with Crippen molar-refractivity contribution >= 4 is 5.91 Å². The van der Waals surface area contributed by atoms with E-state index in [0.29, 0.717) is 12.5 Å². The molecular weight excluding hydrogens is 204 g/mol. The van der Waals surface area contributed by atoms with Gasteiger partial charge in [0.2, 0.25) is 5.91 Å². The Bertz CT molecular complexity index is 358. The standard InChI is InChI=1S/C11H18N4O/c1-11(10(12)16,14-9-2-3-9)4-6-15-7-5-13-8-15/h5,7-9,14H,2-4,6H2,1H3,(H2,12,16). The molecule has 0 bridgehead atoms. The number of aromatic nitrogens is 2. The van der Waals surface area contributed by atoms with Gasteiger partial charge in [-0.2, -0.15) is 0 Å². The van der Waals surface area contributed by atoms with Gasteiger partial charge in [0.25, 0.3) is 0 Å². The van der Waals surface area contributed by atoms with Gasteiger partial charge in [0.15, 0.2) is 0 Å². The second-order valence-corrected chi connectivity index (χ2v) is 4.67. The average molecular weight is 222 g/mol. The van der Waals surface area contributed by atoms with Crippen LogP contribution in [0.3, 0.4) is 0 Å². The van der Waals surface area contributed by atoms with Gasteiger partial charge >= 0.3 is 0 Å². The molecule has 88 valence electrons. The minimum Gasteiger partial charge on any atom is -0.368 e. The summed E-state index contributed by atoms with van der Waals surface area (Å²) in [5.41, 5.74) is 4.85. The molecule has 1 atom stereocenters. The maximum Gasteiger partial charge on any atom is 0.237 e. The first-order chi connectivity index (χ1) is 7.60. The highest BCUT2D eigenvalue weighted by molar-refractivity contribution is 5.84. The predicted molar refractivity (Wildman–Crippen MR) is 60.6 cm³/mol. The van der Waals surface area contributed by atoms with E-state index in [1.165, 1.54) is 0 Å². The van der Waals surface area contributed by atoms with Gasteiger partial charge < -0.3 is 15.6 Å². The Morgan fingerprint density at radius 3 is 2.94 bits per heavy atom.